The Morgan fingerprint density at radius 3 is 2.50 bits per heavy atom. The fourth-order valence-electron chi connectivity index (χ4n) is 4.53. The number of phenolic OH excluding ortho intramolecular Hbond substituents is 1. The van der Waals surface area contributed by atoms with E-state index in [1.807, 2.05) is 0 Å². The maximum atomic E-state index is 14.3. The molecule has 3 N–H and O–H groups in total. The Hall–Kier alpha value is -3.01. The van der Waals surface area contributed by atoms with Crippen LogP contribution in [-0.2, 0) is 0 Å². The minimum Gasteiger partial charge on any atom is -0.505 e. The van der Waals surface area contributed by atoms with Crippen molar-refractivity contribution in [1.29, 1.82) is 0 Å². The maximum absolute atomic E-state index is 14.3. The van der Waals surface area contributed by atoms with Gasteiger partial charge in [0.1, 0.15) is 5.82 Å². The molecule has 0 fully saturated rings. The zero-order valence-corrected chi connectivity index (χ0v) is 17.3. The van der Waals surface area contributed by atoms with Crippen LogP contribution in [0.1, 0.15) is 42.8 Å². The predicted octanol–water partition coefficient (Wildman–Crippen LogP) is 5.12. The van der Waals surface area contributed by atoms with Gasteiger partial charge in [0, 0.05) is 28.8 Å². The van der Waals surface area contributed by atoms with E-state index in [1.165, 1.54) is 19.2 Å². The third-order valence-corrected chi connectivity index (χ3v) is 6.42. The molecule has 4 unspecified atom stereocenters. The quantitative estimate of drug-likeness (QED) is 0.470. The Balaban J connectivity index is 1.99. The van der Waals surface area contributed by atoms with Crippen LogP contribution in [0.3, 0.4) is 0 Å². The zero-order chi connectivity index (χ0) is 23.6. The average molecular weight is 453 g/mol. The van der Waals surface area contributed by atoms with E-state index in [4.69, 9.17) is 0 Å². The van der Waals surface area contributed by atoms with Crippen LogP contribution in [0.4, 0.5) is 27.6 Å². The van der Waals surface area contributed by atoms with Crippen LogP contribution in [0.15, 0.2) is 30.5 Å². The average Bonchev–Trinajstić information content (AvgIpc) is 2.72. The molecule has 0 radical (unpaired) electrons. The lowest BCUT2D eigenvalue weighted by atomic mass is 9.64. The molecule has 4 atom stereocenters. The summed E-state index contributed by atoms with van der Waals surface area (Å²) in [6.07, 6.45) is -3.71. The van der Waals surface area contributed by atoms with Gasteiger partial charge in [-0.15, -0.1) is 0 Å². The van der Waals surface area contributed by atoms with Gasteiger partial charge in [-0.25, -0.2) is 14.4 Å². The Labute approximate surface area is 179 Å². The molecular weight excluding hydrogens is 433 g/mol. The Morgan fingerprint density at radius 2 is 1.84 bits per heavy atom. The highest BCUT2D eigenvalue weighted by molar-refractivity contribution is 5.91. The smallest absolute Gasteiger partial charge is 0.419 e. The molecule has 32 heavy (non-hydrogen) atoms. The van der Waals surface area contributed by atoms with Crippen LogP contribution in [0, 0.1) is 24.5 Å². The van der Waals surface area contributed by atoms with Gasteiger partial charge in [-0.3, -0.25) is 0 Å². The zero-order valence-electron chi connectivity index (χ0n) is 17.3. The number of rotatable bonds is 2. The summed E-state index contributed by atoms with van der Waals surface area (Å²) >= 11 is 0. The van der Waals surface area contributed by atoms with Crippen molar-refractivity contribution < 1.29 is 32.2 Å². The number of aromatic hydroxyl groups is 1. The fourth-order valence-corrected chi connectivity index (χ4v) is 4.53. The van der Waals surface area contributed by atoms with Crippen molar-refractivity contribution in [3.8, 4) is 5.75 Å². The van der Waals surface area contributed by atoms with Crippen molar-refractivity contribution in [1.82, 2.24) is 9.97 Å². The van der Waals surface area contributed by atoms with Gasteiger partial charge in [-0.1, -0.05) is 19.9 Å². The Kier molecular flexibility index (Phi) is 5.04. The number of nitrogens with one attached hydrogen (secondary N) is 1. The largest absolute Gasteiger partial charge is 0.505 e. The highest BCUT2D eigenvalue weighted by atomic mass is 19.4. The summed E-state index contributed by atoms with van der Waals surface area (Å²) in [5.41, 5.74) is -3.31. The number of fused-ring (bicyclic) bond motifs is 2. The van der Waals surface area contributed by atoms with Crippen molar-refractivity contribution in [3.63, 3.8) is 0 Å². The number of benzene rings is 2. The number of anilines is 1. The number of aryl methyl sites for hydroxylation is 1. The van der Waals surface area contributed by atoms with Crippen molar-refractivity contribution in [2.75, 3.05) is 5.32 Å². The number of halogens is 5. The van der Waals surface area contributed by atoms with E-state index in [2.05, 4.69) is 15.3 Å². The molecule has 4 rings (SSSR count). The number of alkyl halides is 3. The molecular formula is C22H20F5N3O2. The summed E-state index contributed by atoms with van der Waals surface area (Å²) in [4.78, 5) is 8.31. The minimum atomic E-state index is -5.13. The fraction of sp³-hybridized carbons (Fsp3) is 0.364. The standard InChI is InChI=1S/C22H20F5N3O2/c1-9-10(2)21(32,22(25,26)27)20(12-7-14(23)18(24)19(31)17(9)12)30-16-6-4-5-15-13(16)8-28-11(3)29-15/h4-10,20,30-32H,1-3H3. The summed E-state index contributed by atoms with van der Waals surface area (Å²) in [6, 6.07) is 3.32. The van der Waals surface area contributed by atoms with E-state index in [9.17, 15) is 32.2 Å². The van der Waals surface area contributed by atoms with E-state index < -0.39 is 47.0 Å². The third kappa shape index (κ3) is 3.08. The first-order valence-electron chi connectivity index (χ1n) is 9.86. The van der Waals surface area contributed by atoms with E-state index in [-0.39, 0.29) is 16.8 Å². The summed E-state index contributed by atoms with van der Waals surface area (Å²) < 4.78 is 71.2. The topological polar surface area (TPSA) is 78.3 Å². The second-order valence-corrected chi connectivity index (χ2v) is 8.16. The molecule has 1 aliphatic carbocycles. The van der Waals surface area contributed by atoms with Gasteiger partial charge in [0.2, 0.25) is 5.82 Å². The van der Waals surface area contributed by atoms with Crippen molar-refractivity contribution in [3.05, 3.63) is 59.0 Å². The monoisotopic (exact) mass is 453 g/mol. The first-order valence-corrected chi connectivity index (χ1v) is 9.86. The number of nitrogens with zero attached hydrogens (tertiary/aromatic N) is 2. The van der Waals surface area contributed by atoms with Gasteiger partial charge in [0.25, 0.3) is 0 Å². The van der Waals surface area contributed by atoms with Crippen molar-refractivity contribution in [2.24, 2.45) is 5.92 Å². The normalized spacial score (nSPS) is 25.6. The molecule has 5 nitrogen and oxygen atoms in total. The highest BCUT2D eigenvalue weighted by Gasteiger charge is 2.66. The molecule has 0 spiro atoms. The maximum Gasteiger partial charge on any atom is 0.419 e. The molecule has 0 aliphatic heterocycles. The SMILES string of the molecule is Cc1ncc2c(NC3c4cc(F)c(F)c(O)c4C(C)C(C)C3(O)C(F)(F)F)cccc2n1. The van der Waals surface area contributed by atoms with Crippen molar-refractivity contribution >= 4 is 16.6 Å². The van der Waals surface area contributed by atoms with Crippen LogP contribution < -0.4 is 5.32 Å². The molecule has 170 valence electrons. The van der Waals surface area contributed by atoms with E-state index in [1.54, 1.807) is 19.1 Å². The molecule has 1 aliphatic rings. The molecule has 10 heteroatoms. The Bertz CT molecular complexity index is 1220. The van der Waals surface area contributed by atoms with Gasteiger partial charge < -0.3 is 15.5 Å². The van der Waals surface area contributed by atoms with Gasteiger partial charge in [0.15, 0.2) is 17.2 Å². The first-order chi connectivity index (χ1) is 14.9. The molecule has 0 amide bonds. The molecule has 0 saturated heterocycles. The predicted molar refractivity (Wildman–Crippen MR) is 107 cm³/mol. The van der Waals surface area contributed by atoms with E-state index in [0.29, 0.717) is 22.8 Å². The van der Waals surface area contributed by atoms with Gasteiger partial charge in [0.05, 0.1) is 11.6 Å². The number of aliphatic hydroxyl groups is 1. The molecule has 0 saturated carbocycles. The van der Waals surface area contributed by atoms with Crippen LogP contribution in [0.25, 0.3) is 10.9 Å². The summed E-state index contributed by atoms with van der Waals surface area (Å²) in [7, 11) is 0. The Morgan fingerprint density at radius 1 is 1.16 bits per heavy atom. The van der Waals surface area contributed by atoms with Crippen molar-refractivity contribution in [2.45, 2.75) is 44.5 Å². The van der Waals surface area contributed by atoms with Crippen LogP contribution in [-0.4, -0.2) is 32.0 Å². The summed E-state index contributed by atoms with van der Waals surface area (Å²) in [6.45, 7) is 4.14. The second-order valence-electron chi connectivity index (χ2n) is 8.16. The lowest BCUT2D eigenvalue weighted by Gasteiger charge is -2.49. The molecule has 2 aromatic carbocycles. The number of hydrogen-bond acceptors (Lipinski definition) is 5. The summed E-state index contributed by atoms with van der Waals surface area (Å²) in [5, 5.41) is 24.4. The lowest BCUT2D eigenvalue weighted by Crippen LogP contribution is -2.60. The molecule has 0 bridgehead atoms. The number of phenols is 1. The summed E-state index contributed by atoms with van der Waals surface area (Å²) in [5.74, 6) is -6.30. The first kappa shape index (κ1) is 22.2. The minimum absolute atomic E-state index is 0.159. The van der Waals surface area contributed by atoms with Crippen LogP contribution in [0.2, 0.25) is 0 Å². The molecule has 1 aromatic heterocycles. The van der Waals surface area contributed by atoms with Crippen LogP contribution in [0.5, 0.6) is 5.75 Å². The van der Waals surface area contributed by atoms with E-state index in [0.717, 1.165) is 6.92 Å². The number of hydrogen-bond donors (Lipinski definition) is 3. The number of aromatic nitrogens is 2. The van der Waals surface area contributed by atoms with Gasteiger partial charge in [-0.2, -0.15) is 17.6 Å². The highest BCUT2D eigenvalue weighted by Crippen LogP contribution is 2.57. The molecule has 1 heterocycles. The van der Waals surface area contributed by atoms with Crippen LogP contribution >= 0.6 is 0 Å². The third-order valence-electron chi connectivity index (χ3n) is 6.42. The lowest BCUT2D eigenvalue weighted by molar-refractivity contribution is -0.289. The second kappa shape index (κ2) is 7.26. The van der Waals surface area contributed by atoms with Gasteiger partial charge >= 0.3 is 6.18 Å². The molecule has 3 aromatic rings. The van der Waals surface area contributed by atoms with E-state index >= 15 is 0 Å². The van der Waals surface area contributed by atoms with Gasteiger partial charge in [-0.05, 0) is 36.6 Å².